The summed E-state index contributed by atoms with van der Waals surface area (Å²) in [5, 5.41) is 6.30. The van der Waals surface area contributed by atoms with Gasteiger partial charge in [0.25, 0.3) is 5.91 Å². The zero-order chi connectivity index (χ0) is 20.5. The Balaban J connectivity index is 1.96. The van der Waals surface area contributed by atoms with Crippen LogP contribution >= 0.6 is 0 Å². The number of amides is 1. The van der Waals surface area contributed by atoms with Crippen molar-refractivity contribution < 1.29 is 26.4 Å². The van der Waals surface area contributed by atoms with E-state index in [1.807, 2.05) is 0 Å². The van der Waals surface area contributed by atoms with Crippen molar-refractivity contribution in [2.75, 3.05) is 5.32 Å². The number of carbonyl (C=O) groups excluding carboxylic acids is 1. The Kier molecular flexibility index (Phi) is 5.23. The molecule has 0 atom stereocenters. The normalized spacial score (nSPS) is 11.6. The zero-order valence-corrected chi connectivity index (χ0v) is 15.3. The van der Waals surface area contributed by atoms with E-state index in [9.17, 15) is 26.4 Å². The fourth-order valence-corrected chi connectivity index (χ4v) is 3.49. The SMILES string of the molecule is Cc1c(C(=O)Nc2ccccc2S(=O)(=O)C(F)F)cnn1-c1ccccc1F. The second-order valence-electron chi connectivity index (χ2n) is 5.76. The second-order valence-corrected chi connectivity index (χ2v) is 7.65. The van der Waals surface area contributed by atoms with Crippen LogP contribution in [0.15, 0.2) is 59.6 Å². The lowest BCUT2D eigenvalue weighted by atomic mass is 10.2. The van der Waals surface area contributed by atoms with Gasteiger partial charge in [-0.05, 0) is 31.2 Å². The van der Waals surface area contributed by atoms with Gasteiger partial charge < -0.3 is 5.32 Å². The van der Waals surface area contributed by atoms with E-state index < -0.39 is 32.2 Å². The first-order valence-electron chi connectivity index (χ1n) is 7.95. The van der Waals surface area contributed by atoms with Crippen LogP contribution < -0.4 is 5.32 Å². The molecule has 0 aliphatic rings. The zero-order valence-electron chi connectivity index (χ0n) is 14.4. The van der Waals surface area contributed by atoms with Gasteiger partial charge in [-0.1, -0.05) is 24.3 Å². The average molecular weight is 409 g/mol. The van der Waals surface area contributed by atoms with Gasteiger partial charge in [0.2, 0.25) is 9.84 Å². The molecule has 6 nitrogen and oxygen atoms in total. The van der Waals surface area contributed by atoms with Crippen molar-refractivity contribution in [1.82, 2.24) is 9.78 Å². The van der Waals surface area contributed by atoms with Crippen LogP contribution in [-0.2, 0) is 9.84 Å². The van der Waals surface area contributed by atoms with Crippen LogP contribution in [0.25, 0.3) is 5.69 Å². The third-order valence-corrected chi connectivity index (χ3v) is 5.45. The van der Waals surface area contributed by atoms with Gasteiger partial charge in [-0.2, -0.15) is 13.9 Å². The van der Waals surface area contributed by atoms with Gasteiger partial charge in [-0.25, -0.2) is 17.5 Å². The molecule has 0 radical (unpaired) electrons. The maximum absolute atomic E-state index is 14.0. The highest BCUT2D eigenvalue weighted by Gasteiger charge is 2.30. The number of nitrogens with one attached hydrogen (secondary N) is 1. The summed E-state index contributed by atoms with van der Waals surface area (Å²) in [7, 11) is -4.91. The number of halogens is 3. The predicted octanol–water partition coefficient (Wildman–Crippen LogP) is 3.57. The summed E-state index contributed by atoms with van der Waals surface area (Å²) in [5.41, 5.74) is 0.162. The van der Waals surface area contributed by atoms with E-state index >= 15 is 0 Å². The number of carbonyl (C=O) groups is 1. The van der Waals surface area contributed by atoms with Crippen molar-refractivity contribution >= 4 is 21.4 Å². The summed E-state index contributed by atoms with van der Waals surface area (Å²) in [6.07, 6.45) is 1.18. The highest BCUT2D eigenvalue weighted by Crippen LogP contribution is 2.27. The van der Waals surface area contributed by atoms with Crippen molar-refractivity contribution in [3.8, 4) is 5.69 Å². The molecular weight excluding hydrogens is 395 g/mol. The van der Waals surface area contributed by atoms with Crippen molar-refractivity contribution in [2.24, 2.45) is 0 Å². The summed E-state index contributed by atoms with van der Waals surface area (Å²) in [6, 6.07) is 10.7. The summed E-state index contributed by atoms with van der Waals surface area (Å²) in [4.78, 5) is 11.9. The van der Waals surface area contributed by atoms with Gasteiger partial charge in [0, 0.05) is 0 Å². The smallest absolute Gasteiger partial charge is 0.321 e. The van der Waals surface area contributed by atoms with E-state index in [0.717, 1.165) is 6.07 Å². The quantitative estimate of drug-likeness (QED) is 0.699. The average Bonchev–Trinajstić information content (AvgIpc) is 3.03. The Morgan fingerprint density at radius 1 is 1.11 bits per heavy atom. The minimum absolute atomic E-state index is 0.0347. The minimum Gasteiger partial charge on any atom is -0.321 e. The molecule has 0 bridgehead atoms. The van der Waals surface area contributed by atoms with Gasteiger partial charge in [0.1, 0.15) is 11.5 Å². The fraction of sp³-hybridized carbons (Fsp3) is 0.111. The van der Waals surface area contributed by atoms with Gasteiger partial charge in [-0.15, -0.1) is 0 Å². The van der Waals surface area contributed by atoms with Gasteiger partial charge >= 0.3 is 5.76 Å². The number of benzene rings is 2. The first-order valence-corrected chi connectivity index (χ1v) is 9.50. The lowest BCUT2D eigenvalue weighted by Crippen LogP contribution is -2.18. The number of para-hydroxylation sites is 2. The minimum atomic E-state index is -4.91. The molecule has 0 saturated carbocycles. The van der Waals surface area contributed by atoms with Crippen molar-refractivity contribution in [3.63, 3.8) is 0 Å². The van der Waals surface area contributed by atoms with E-state index in [4.69, 9.17) is 0 Å². The van der Waals surface area contributed by atoms with Crippen molar-refractivity contribution in [2.45, 2.75) is 17.6 Å². The number of nitrogens with zero attached hydrogens (tertiary/aromatic N) is 2. The number of hydrogen-bond donors (Lipinski definition) is 1. The highest BCUT2D eigenvalue weighted by molar-refractivity contribution is 7.91. The first-order chi connectivity index (χ1) is 13.2. The molecule has 2 aromatic carbocycles. The second kappa shape index (κ2) is 7.47. The standard InChI is InChI=1S/C18H14F3N3O3S/c1-11-12(10-22-24(11)15-8-4-2-6-13(15)19)17(25)23-14-7-3-5-9-16(14)28(26,27)18(20)21/h2-10,18H,1H3,(H,23,25). The molecule has 0 spiro atoms. The van der Waals surface area contributed by atoms with Crippen molar-refractivity contribution in [1.29, 1.82) is 0 Å². The highest BCUT2D eigenvalue weighted by atomic mass is 32.2. The van der Waals surface area contributed by atoms with Crippen LogP contribution in [0.3, 0.4) is 0 Å². The van der Waals surface area contributed by atoms with Crippen molar-refractivity contribution in [3.05, 3.63) is 71.8 Å². The van der Waals surface area contributed by atoms with Crippen LogP contribution in [0, 0.1) is 12.7 Å². The number of sulfone groups is 1. The summed E-state index contributed by atoms with van der Waals surface area (Å²) >= 11 is 0. The predicted molar refractivity (Wildman–Crippen MR) is 95.8 cm³/mol. The molecule has 10 heteroatoms. The number of anilines is 1. The topological polar surface area (TPSA) is 81.1 Å². The molecule has 3 rings (SSSR count). The van der Waals surface area contributed by atoms with Gasteiger partial charge in [-0.3, -0.25) is 4.79 Å². The van der Waals surface area contributed by atoms with Crippen LogP contribution in [0.1, 0.15) is 16.1 Å². The maximum atomic E-state index is 14.0. The summed E-state index contributed by atoms with van der Waals surface area (Å²) in [5.74, 6) is -4.94. The van der Waals surface area contributed by atoms with E-state index in [1.54, 1.807) is 6.07 Å². The number of aromatic nitrogens is 2. The molecule has 0 saturated heterocycles. The molecular formula is C18H14F3N3O3S. The van der Waals surface area contributed by atoms with E-state index in [-0.39, 0.29) is 22.6 Å². The molecule has 0 aliphatic heterocycles. The Bertz CT molecular complexity index is 1140. The van der Waals surface area contributed by atoms with Crippen LogP contribution in [0.4, 0.5) is 18.9 Å². The van der Waals surface area contributed by atoms with Crippen LogP contribution in [0.5, 0.6) is 0 Å². The van der Waals surface area contributed by atoms with Gasteiger partial charge in [0.15, 0.2) is 0 Å². The van der Waals surface area contributed by atoms with Crippen LogP contribution in [0.2, 0.25) is 0 Å². The summed E-state index contributed by atoms with van der Waals surface area (Å²) in [6.45, 7) is 1.52. The Hall–Kier alpha value is -3.14. The monoisotopic (exact) mass is 409 g/mol. The molecule has 0 aliphatic carbocycles. The molecule has 1 N–H and O–H groups in total. The fourth-order valence-electron chi connectivity index (χ4n) is 2.60. The molecule has 0 unspecified atom stereocenters. The van der Waals surface area contributed by atoms with E-state index in [2.05, 4.69) is 10.4 Å². The third kappa shape index (κ3) is 3.50. The van der Waals surface area contributed by atoms with Gasteiger partial charge in [0.05, 0.1) is 28.0 Å². The molecule has 28 heavy (non-hydrogen) atoms. The number of hydrogen-bond acceptors (Lipinski definition) is 4. The Morgan fingerprint density at radius 3 is 2.43 bits per heavy atom. The molecule has 1 aromatic heterocycles. The molecule has 1 amide bonds. The largest absolute Gasteiger partial charge is 0.341 e. The van der Waals surface area contributed by atoms with E-state index in [1.165, 1.54) is 54.2 Å². The lowest BCUT2D eigenvalue weighted by molar-refractivity contribution is 0.102. The van der Waals surface area contributed by atoms with E-state index in [0.29, 0.717) is 0 Å². The lowest BCUT2D eigenvalue weighted by Gasteiger charge is -2.11. The Labute approximate surface area is 158 Å². The Morgan fingerprint density at radius 2 is 1.75 bits per heavy atom. The molecule has 3 aromatic rings. The number of rotatable bonds is 5. The maximum Gasteiger partial charge on any atom is 0.341 e. The summed E-state index contributed by atoms with van der Waals surface area (Å²) < 4.78 is 64.6. The number of alkyl halides is 2. The third-order valence-electron chi connectivity index (χ3n) is 4.01. The van der Waals surface area contributed by atoms with Crippen LogP contribution in [-0.4, -0.2) is 29.9 Å². The molecule has 0 fully saturated rings. The first kappa shape index (κ1) is 19.6. The molecule has 146 valence electrons. The molecule has 1 heterocycles.